The summed E-state index contributed by atoms with van der Waals surface area (Å²) in [5, 5.41) is 0. The molecule has 2 aliphatic carbocycles. The smallest absolute Gasteiger partial charge is 0.166 e. The van der Waals surface area contributed by atoms with E-state index in [1.165, 1.54) is 23.8 Å². The van der Waals surface area contributed by atoms with Gasteiger partial charge in [-0.25, -0.2) is 4.39 Å². The average Bonchev–Trinajstić information content (AvgIpc) is 3.54. The van der Waals surface area contributed by atoms with E-state index >= 15 is 0 Å². The van der Waals surface area contributed by atoms with Gasteiger partial charge in [0.2, 0.25) is 0 Å². The third-order valence-electron chi connectivity index (χ3n) is 6.82. The van der Waals surface area contributed by atoms with Gasteiger partial charge in [-0.1, -0.05) is 12.1 Å². The van der Waals surface area contributed by atoms with Crippen LogP contribution in [0.3, 0.4) is 0 Å². The lowest BCUT2D eigenvalue weighted by Crippen LogP contribution is -2.21. The summed E-state index contributed by atoms with van der Waals surface area (Å²) in [4.78, 5) is 22.2. The zero-order valence-corrected chi connectivity index (χ0v) is 20.7. The molecule has 0 saturated heterocycles. The predicted octanol–water partition coefficient (Wildman–Crippen LogP) is 7.27. The highest BCUT2D eigenvalue weighted by atomic mass is 32.1. The molecule has 0 amide bonds. The summed E-state index contributed by atoms with van der Waals surface area (Å²) < 4.78 is 27.5. The summed E-state index contributed by atoms with van der Waals surface area (Å²) in [5.74, 6) is 0.895. The van der Waals surface area contributed by atoms with E-state index in [0.29, 0.717) is 36.4 Å². The maximum Gasteiger partial charge on any atom is 0.166 e. The minimum atomic E-state index is -0.477. The zero-order chi connectivity index (χ0) is 24.5. The summed E-state index contributed by atoms with van der Waals surface area (Å²) in [5.41, 5.74) is 3.36. The third-order valence-corrected chi connectivity index (χ3v) is 7.98. The summed E-state index contributed by atoms with van der Waals surface area (Å²) in [6.45, 7) is 0.586. The summed E-state index contributed by atoms with van der Waals surface area (Å²) in [7, 11) is 0. The van der Waals surface area contributed by atoms with E-state index in [-0.39, 0.29) is 18.0 Å². The van der Waals surface area contributed by atoms with Crippen LogP contribution in [0.2, 0.25) is 0 Å². The Labute approximate surface area is 213 Å². The minimum absolute atomic E-state index is 0.129. The number of hydrogen-bond donors (Lipinski definition) is 0. The van der Waals surface area contributed by atoms with E-state index in [2.05, 4.69) is 9.97 Å². The largest absolute Gasteiger partial charge is 0.453 e. The molecule has 0 atom stereocenters. The van der Waals surface area contributed by atoms with Gasteiger partial charge in [-0.2, -0.15) is 0 Å². The fourth-order valence-electron chi connectivity index (χ4n) is 4.33. The molecular formula is C29H27FN2O3S. The summed E-state index contributed by atoms with van der Waals surface area (Å²) in [6, 6.07) is 12.5. The SMILES string of the molecule is O=C(Cc1ccc(Oc2ccnc3cc(-c4ccc(COC5CCC5)cn4)sc23)c(F)c1)CC1CC1. The van der Waals surface area contributed by atoms with Gasteiger partial charge in [0.25, 0.3) is 0 Å². The molecule has 5 nitrogen and oxygen atoms in total. The molecule has 0 N–H and O–H groups in total. The molecule has 0 unspecified atom stereocenters. The van der Waals surface area contributed by atoms with Gasteiger partial charge in [0.05, 0.1) is 33.5 Å². The lowest BCUT2D eigenvalue weighted by Gasteiger charge is -2.25. The van der Waals surface area contributed by atoms with Crippen molar-refractivity contribution in [1.29, 1.82) is 0 Å². The quantitative estimate of drug-likeness (QED) is 0.228. The van der Waals surface area contributed by atoms with Crippen molar-refractivity contribution in [3.63, 3.8) is 0 Å². The van der Waals surface area contributed by atoms with E-state index in [0.717, 1.165) is 52.0 Å². The lowest BCUT2D eigenvalue weighted by atomic mass is 9.96. The number of nitrogens with zero attached hydrogens (tertiary/aromatic N) is 2. The Hall–Kier alpha value is -3.16. The van der Waals surface area contributed by atoms with E-state index in [4.69, 9.17) is 9.47 Å². The van der Waals surface area contributed by atoms with Crippen LogP contribution in [0.15, 0.2) is 54.9 Å². The fraction of sp³-hybridized carbons (Fsp3) is 0.345. The van der Waals surface area contributed by atoms with Gasteiger partial charge in [0.1, 0.15) is 11.5 Å². The van der Waals surface area contributed by atoms with Crippen molar-refractivity contribution < 1.29 is 18.7 Å². The van der Waals surface area contributed by atoms with Crippen LogP contribution in [-0.4, -0.2) is 21.9 Å². The van der Waals surface area contributed by atoms with Crippen LogP contribution in [0.25, 0.3) is 20.8 Å². The molecule has 0 radical (unpaired) electrons. The first-order valence-corrected chi connectivity index (χ1v) is 13.4. The van der Waals surface area contributed by atoms with Gasteiger partial charge in [-0.3, -0.25) is 14.8 Å². The molecular weight excluding hydrogens is 475 g/mol. The second kappa shape index (κ2) is 10.1. The second-order valence-corrected chi connectivity index (χ2v) is 10.8. The molecule has 2 aliphatic rings. The monoisotopic (exact) mass is 502 g/mol. The number of fused-ring (bicyclic) bond motifs is 1. The van der Waals surface area contributed by atoms with E-state index in [1.807, 2.05) is 24.4 Å². The number of Topliss-reactive ketones (excluding diaryl/α,β-unsaturated/α-hetero) is 1. The molecule has 0 spiro atoms. The standard InChI is InChI=1S/C29H27FN2O3S/c30-23-14-19(13-21(33)12-18-4-5-18)7-9-26(23)35-27-10-11-31-25-15-28(36-29(25)27)24-8-6-20(16-32-24)17-34-22-2-1-3-22/h6-11,14-16,18,22H,1-5,12-13,17H2. The molecule has 7 heteroatoms. The molecule has 3 aromatic heterocycles. The molecule has 6 rings (SSSR count). The Morgan fingerprint density at radius 3 is 2.58 bits per heavy atom. The van der Waals surface area contributed by atoms with Gasteiger partial charge in [-0.15, -0.1) is 11.3 Å². The Morgan fingerprint density at radius 1 is 1.00 bits per heavy atom. The van der Waals surface area contributed by atoms with Crippen LogP contribution in [0.5, 0.6) is 11.5 Å². The van der Waals surface area contributed by atoms with Gasteiger partial charge < -0.3 is 9.47 Å². The second-order valence-electron chi connectivity index (χ2n) is 9.78. The molecule has 1 aromatic carbocycles. The predicted molar refractivity (Wildman–Crippen MR) is 138 cm³/mol. The number of halogens is 1. The van der Waals surface area contributed by atoms with Gasteiger partial charge in [0, 0.05) is 31.3 Å². The van der Waals surface area contributed by atoms with Crippen molar-refractivity contribution in [1.82, 2.24) is 9.97 Å². The average molecular weight is 503 g/mol. The first-order valence-electron chi connectivity index (χ1n) is 12.5. The lowest BCUT2D eigenvalue weighted by molar-refractivity contribution is -0.118. The first-order chi connectivity index (χ1) is 17.6. The topological polar surface area (TPSA) is 61.3 Å². The zero-order valence-electron chi connectivity index (χ0n) is 19.9. The molecule has 2 saturated carbocycles. The van der Waals surface area contributed by atoms with Crippen LogP contribution >= 0.6 is 11.3 Å². The van der Waals surface area contributed by atoms with Gasteiger partial charge in [0.15, 0.2) is 11.6 Å². The normalized spacial score (nSPS) is 15.7. The van der Waals surface area contributed by atoms with Crippen molar-refractivity contribution >= 4 is 27.3 Å². The van der Waals surface area contributed by atoms with Gasteiger partial charge in [-0.05, 0) is 73.4 Å². The van der Waals surface area contributed by atoms with Crippen LogP contribution in [0.4, 0.5) is 4.39 Å². The number of ether oxygens (including phenoxy) is 2. The van der Waals surface area contributed by atoms with Crippen LogP contribution in [0.1, 0.15) is 49.7 Å². The Kier molecular flexibility index (Phi) is 6.50. The summed E-state index contributed by atoms with van der Waals surface area (Å²) in [6.07, 6.45) is 10.6. The number of benzene rings is 1. The molecule has 0 aliphatic heterocycles. The molecule has 0 bridgehead atoms. The summed E-state index contributed by atoms with van der Waals surface area (Å²) >= 11 is 1.51. The van der Waals surface area contributed by atoms with Crippen molar-refractivity contribution in [3.8, 4) is 22.1 Å². The number of hydrogen-bond acceptors (Lipinski definition) is 6. The molecule has 36 heavy (non-hydrogen) atoms. The Balaban J connectivity index is 1.17. The third kappa shape index (κ3) is 5.32. The van der Waals surface area contributed by atoms with Crippen molar-refractivity contribution in [2.24, 2.45) is 5.92 Å². The number of rotatable bonds is 10. The number of pyridine rings is 2. The highest BCUT2D eigenvalue weighted by Crippen LogP contribution is 2.39. The van der Waals surface area contributed by atoms with Gasteiger partial charge >= 0.3 is 0 Å². The van der Waals surface area contributed by atoms with Crippen molar-refractivity contribution in [3.05, 3.63) is 71.8 Å². The Morgan fingerprint density at radius 2 is 1.86 bits per heavy atom. The molecule has 4 aromatic rings. The Bertz CT molecular complexity index is 1390. The maximum atomic E-state index is 14.8. The highest BCUT2D eigenvalue weighted by Gasteiger charge is 2.24. The van der Waals surface area contributed by atoms with Crippen molar-refractivity contribution in [2.45, 2.75) is 57.7 Å². The molecule has 2 fully saturated rings. The highest BCUT2D eigenvalue weighted by molar-refractivity contribution is 7.22. The number of thiophene rings is 1. The molecule has 184 valence electrons. The van der Waals surface area contributed by atoms with Crippen LogP contribution in [0, 0.1) is 11.7 Å². The minimum Gasteiger partial charge on any atom is -0.453 e. The number of aromatic nitrogens is 2. The first kappa shape index (κ1) is 23.3. The molecule has 3 heterocycles. The van der Waals surface area contributed by atoms with Crippen LogP contribution in [-0.2, 0) is 22.6 Å². The number of ketones is 1. The van der Waals surface area contributed by atoms with E-state index < -0.39 is 5.82 Å². The number of carbonyl (C=O) groups is 1. The maximum absolute atomic E-state index is 14.8. The van der Waals surface area contributed by atoms with E-state index in [9.17, 15) is 9.18 Å². The fourth-order valence-corrected chi connectivity index (χ4v) is 5.37. The number of carbonyl (C=O) groups excluding carboxylic acids is 1. The van der Waals surface area contributed by atoms with Crippen molar-refractivity contribution in [2.75, 3.05) is 0 Å². The van der Waals surface area contributed by atoms with Crippen LogP contribution < -0.4 is 4.74 Å². The van der Waals surface area contributed by atoms with E-state index in [1.54, 1.807) is 24.4 Å².